The molecule has 3 aromatic rings. The van der Waals surface area contributed by atoms with Crippen LogP contribution in [0.3, 0.4) is 0 Å². The number of alkyl carbamates (subject to hydrolysis) is 1. The number of carbonyl (C=O) groups is 1. The average molecular weight is 698 g/mol. The van der Waals surface area contributed by atoms with Crippen LogP contribution in [0.25, 0.3) is 0 Å². The standard InChI is InChI=1S/C31H28F9NO5S/c1-2-41-27(42)46-22-14-16-28(17-15-22,47(43,44)23-12-10-21(32)11-13-23)19-6-8-20(9-7-19)29(30(35,36)37,31(38,39)40)45-18-24-25(33)4-3-5-26(24)34/h3-13,22H,2,14-18H2,1H3,(H,41,42). The number of halogens is 9. The molecule has 1 N–H and O–H groups in total. The molecule has 3 aromatic carbocycles. The van der Waals surface area contributed by atoms with Gasteiger partial charge in [-0.1, -0.05) is 30.3 Å². The zero-order valence-corrected chi connectivity index (χ0v) is 25.3. The summed E-state index contributed by atoms with van der Waals surface area (Å²) in [5, 5.41) is 2.43. The van der Waals surface area contributed by atoms with Crippen molar-refractivity contribution in [3.63, 3.8) is 0 Å². The quantitative estimate of drug-likeness (QED) is 0.181. The summed E-state index contributed by atoms with van der Waals surface area (Å²) in [6, 6.07) is 8.20. The molecule has 4 rings (SSSR count). The maximum atomic E-state index is 14.4. The molecule has 0 unspecified atom stereocenters. The lowest BCUT2D eigenvalue weighted by molar-refractivity contribution is -0.392. The zero-order chi connectivity index (χ0) is 34.8. The molecule has 1 amide bonds. The van der Waals surface area contributed by atoms with Crippen LogP contribution in [0, 0.1) is 17.5 Å². The van der Waals surface area contributed by atoms with Crippen molar-refractivity contribution in [2.45, 2.75) is 72.9 Å². The number of carbonyl (C=O) groups excluding carboxylic acids is 1. The van der Waals surface area contributed by atoms with E-state index in [-0.39, 0.29) is 42.7 Å². The monoisotopic (exact) mass is 697 g/mol. The molecule has 1 aliphatic carbocycles. The van der Waals surface area contributed by atoms with Crippen molar-refractivity contribution < 1.29 is 62.2 Å². The molecule has 0 atom stereocenters. The maximum Gasteiger partial charge on any atom is 0.430 e. The van der Waals surface area contributed by atoms with Gasteiger partial charge in [0.25, 0.3) is 5.60 Å². The van der Waals surface area contributed by atoms with Gasteiger partial charge >= 0.3 is 18.4 Å². The molecule has 1 fully saturated rings. The first-order valence-electron chi connectivity index (χ1n) is 14.2. The molecule has 6 nitrogen and oxygen atoms in total. The van der Waals surface area contributed by atoms with Crippen molar-refractivity contribution in [2.75, 3.05) is 6.54 Å². The second kappa shape index (κ2) is 13.4. The molecule has 0 heterocycles. The summed E-state index contributed by atoms with van der Waals surface area (Å²) in [5.74, 6) is -3.62. The van der Waals surface area contributed by atoms with E-state index in [4.69, 9.17) is 4.74 Å². The van der Waals surface area contributed by atoms with E-state index < -0.39 is 79.9 Å². The lowest BCUT2D eigenvalue weighted by atomic mass is 9.80. The fraction of sp³-hybridized carbons (Fsp3) is 0.387. The van der Waals surface area contributed by atoms with Crippen LogP contribution in [0.2, 0.25) is 0 Å². The average Bonchev–Trinajstić information content (AvgIpc) is 2.98. The lowest BCUT2D eigenvalue weighted by Crippen LogP contribution is -2.56. The Balaban J connectivity index is 1.80. The van der Waals surface area contributed by atoms with E-state index >= 15 is 0 Å². The molecule has 0 spiro atoms. The van der Waals surface area contributed by atoms with Crippen LogP contribution in [-0.4, -0.2) is 39.5 Å². The highest BCUT2D eigenvalue weighted by atomic mass is 32.2. The third-order valence-electron chi connectivity index (χ3n) is 8.08. The summed E-state index contributed by atoms with van der Waals surface area (Å²) in [5.41, 5.74) is -7.96. The first-order chi connectivity index (χ1) is 21.9. The zero-order valence-electron chi connectivity index (χ0n) is 24.5. The molecular formula is C31H28F9NO5S. The van der Waals surface area contributed by atoms with Gasteiger partial charge in [-0.3, -0.25) is 0 Å². The van der Waals surface area contributed by atoms with Crippen LogP contribution in [0.1, 0.15) is 49.3 Å². The number of rotatable bonds is 9. The molecule has 1 aliphatic rings. The van der Waals surface area contributed by atoms with Gasteiger partial charge in [-0.2, -0.15) is 26.3 Å². The normalized spacial score (nSPS) is 19.3. The van der Waals surface area contributed by atoms with E-state index in [0.29, 0.717) is 24.3 Å². The van der Waals surface area contributed by atoms with E-state index in [9.17, 15) is 52.7 Å². The molecule has 0 bridgehead atoms. The Kier molecular flexibility index (Phi) is 10.3. The summed E-state index contributed by atoms with van der Waals surface area (Å²) < 4.78 is 164. The van der Waals surface area contributed by atoms with Gasteiger partial charge in [-0.05, 0) is 74.6 Å². The summed E-state index contributed by atoms with van der Waals surface area (Å²) in [4.78, 5) is 11.6. The van der Waals surface area contributed by atoms with Gasteiger partial charge in [0, 0.05) is 17.7 Å². The summed E-state index contributed by atoms with van der Waals surface area (Å²) in [7, 11) is -4.50. The Morgan fingerprint density at radius 3 is 1.87 bits per heavy atom. The van der Waals surface area contributed by atoms with Crippen molar-refractivity contribution >= 4 is 15.9 Å². The molecule has 0 aliphatic heterocycles. The molecule has 0 radical (unpaired) electrons. The molecule has 1 saturated carbocycles. The van der Waals surface area contributed by atoms with Crippen molar-refractivity contribution in [3.8, 4) is 0 Å². The van der Waals surface area contributed by atoms with Crippen LogP contribution < -0.4 is 5.32 Å². The van der Waals surface area contributed by atoms with Crippen LogP contribution in [0.4, 0.5) is 44.3 Å². The number of benzene rings is 3. The maximum absolute atomic E-state index is 14.4. The van der Waals surface area contributed by atoms with Crippen molar-refractivity contribution in [1.82, 2.24) is 5.32 Å². The van der Waals surface area contributed by atoms with Crippen LogP contribution >= 0.6 is 0 Å². The molecule has 0 aromatic heterocycles. The lowest BCUT2D eigenvalue weighted by Gasteiger charge is -2.40. The van der Waals surface area contributed by atoms with Crippen molar-refractivity contribution in [1.29, 1.82) is 0 Å². The van der Waals surface area contributed by atoms with Crippen LogP contribution in [0.15, 0.2) is 71.6 Å². The first kappa shape index (κ1) is 36.1. The number of ether oxygens (including phenoxy) is 2. The van der Waals surface area contributed by atoms with E-state index in [1.807, 2.05) is 0 Å². The van der Waals surface area contributed by atoms with E-state index in [2.05, 4.69) is 10.1 Å². The molecule has 0 saturated heterocycles. The second-order valence-electron chi connectivity index (χ2n) is 10.8. The van der Waals surface area contributed by atoms with E-state index in [0.717, 1.165) is 42.5 Å². The SMILES string of the molecule is CCNC(=O)OC1CCC(c2ccc(C(OCc3c(F)cccc3F)(C(F)(F)F)C(F)(F)F)cc2)(S(=O)(=O)c2ccc(F)cc2)CC1. The highest BCUT2D eigenvalue weighted by Gasteiger charge is 2.73. The number of hydrogen-bond acceptors (Lipinski definition) is 5. The minimum atomic E-state index is -6.21. The minimum Gasteiger partial charge on any atom is -0.446 e. The summed E-state index contributed by atoms with van der Waals surface area (Å²) in [6.07, 6.45) is -14.6. The van der Waals surface area contributed by atoms with Crippen molar-refractivity contribution in [2.24, 2.45) is 0 Å². The highest BCUT2D eigenvalue weighted by molar-refractivity contribution is 7.92. The van der Waals surface area contributed by atoms with E-state index in [1.165, 1.54) is 0 Å². The van der Waals surface area contributed by atoms with Crippen molar-refractivity contribution in [3.05, 3.63) is 101 Å². The molecular weight excluding hydrogens is 669 g/mol. The van der Waals surface area contributed by atoms with Gasteiger partial charge in [-0.25, -0.2) is 26.4 Å². The number of hydrogen-bond donors (Lipinski definition) is 1. The molecule has 256 valence electrons. The Labute approximate surface area is 263 Å². The Bertz CT molecular complexity index is 1630. The predicted octanol–water partition coefficient (Wildman–Crippen LogP) is 8.00. The van der Waals surface area contributed by atoms with Crippen LogP contribution in [0.5, 0.6) is 0 Å². The van der Waals surface area contributed by atoms with Gasteiger partial charge in [0.15, 0.2) is 9.84 Å². The second-order valence-corrected chi connectivity index (χ2v) is 13.1. The fourth-order valence-electron chi connectivity index (χ4n) is 5.66. The predicted molar refractivity (Wildman–Crippen MR) is 149 cm³/mol. The topological polar surface area (TPSA) is 81.7 Å². The largest absolute Gasteiger partial charge is 0.446 e. The Hall–Kier alpha value is -3.79. The molecule has 47 heavy (non-hydrogen) atoms. The summed E-state index contributed by atoms with van der Waals surface area (Å²) in [6.45, 7) is 0.133. The Morgan fingerprint density at radius 2 is 1.38 bits per heavy atom. The van der Waals surface area contributed by atoms with Gasteiger partial charge in [0.05, 0.1) is 11.5 Å². The third kappa shape index (κ3) is 6.80. The van der Waals surface area contributed by atoms with Gasteiger partial charge in [0.1, 0.15) is 28.3 Å². The first-order valence-corrected chi connectivity index (χ1v) is 15.6. The smallest absolute Gasteiger partial charge is 0.430 e. The van der Waals surface area contributed by atoms with Gasteiger partial charge < -0.3 is 14.8 Å². The fourth-order valence-corrected chi connectivity index (χ4v) is 7.82. The number of amides is 1. The van der Waals surface area contributed by atoms with Crippen LogP contribution in [-0.2, 0) is 36.3 Å². The number of alkyl halides is 6. The van der Waals surface area contributed by atoms with Gasteiger partial charge in [-0.15, -0.1) is 0 Å². The minimum absolute atomic E-state index is 0.0499. The number of sulfone groups is 1. The number of nitrogens with one attached hydrogen (secondary N) is 1. The summed E-state index contributed by atoms with van der Waals surface area (Å²) >= 11 is 0. The van der Waals surface area contributed by atoms with E-state index in [1.54, 1.807) is 6.92 Å². The molecule has 16 heteroatoms. The highest BCUT2D eigenvalue weighted by Crippen LogP contribution is 2.54. The third-order valence-corrected chi connectivity index (χ3v) is 10.6. The van der Waals surface area contributed by atoms with Gasteiger partial charge in [0.2, 0.25) is 0 Å². The Morgan fingerprint density at radius 1 is 0.851 bits per heavy atom.